The minimum absolute atomic E-state index is 0.314. The Labute approximate surface area is 344 Å². The molecule has 0 spiro atoms. The van der Waals surface area contributed by atoms with Crippen molar-refractivity contribution in [3.8, 4) is 22.3 Å². The van der Waals surface area contributed by atoms with Crippen molar-refractivity contribution in [2.75, 3.05) is 7.11 Å². The zero-order chi connectivity index (χ0) is 40.3. The third-order valence-corrected chi connectivity index (χ3v) is 11.5. The van der Waals surface area contributed by atoms with Crippen LogP contribution in [0.3, 0.4) is 0 Å². The smallest absolute Gasteiger partial charge is 0.339 e. The second kappa shape index (κ2) is 16.5. The fourth-order valence-corrected chi connectivity index (χ4v) is 8.04. The van der Waals surface area contributed by atoms with Crippen LogP contribution in [0.1, 0.15) is 91.9 Å². The first-order valence-corrected chi connectivity index (χ1v) is 20.3. The van der Waals surface area contributed by atoms with Crippen LogP contribution in [0.2, 0.25) is 0 Å². The quantitative estimate of drug-likeness (QED) is 0.139. The van der Waals surface area contributed by atoms with Crippen LogP contribution in [-0.4, -0.2) is 34.1 Å². The number of carboxylic acids is 1. The Hall–Kier alpha value is -6.92. The molecule has 0 saturated heterocycles. The normalized spacial score (nSPS) is 13.4. The number of carbonyl (C=O) groups is 2. The highest BCUT2D eigenvalue weighted by Gasteiger charge is 2.27. The van der Waals surface area contributed by atoms with E-state index in [9.17, 15) is 14.7 Å². The van der Waals surface area contributed by atoms with Crippen molar-refractivity contribution in [2.45, 2.75) is 50.4 Å². The number of aromatic nitrogens is 2. The lowest BCUT2D eigenvalue weighted by Crippen LogP contribution is -2.09. The van der Waals surface area contributed by atoms with Crippen molar-refractivity contribution in [3.05, 3.63) is 203 Å². The van der Waals surface area contributed by atoms with Gasteiger partial charge in [0, 0.05) is 25.2 Å². The van der Waals surface area contributed by atoms with Crippen molar-refractivity contribution in [2.24, 2.45) is 0 Å². The molecule has 2 heterocycles. The van der Waals surface area contributed by atoms with Crippen LogP contribution in [0, 0.1) is 0 Å². The zero-order valence-electron chi connectivity index (χ0n) is 33.0. The minimum atomic E-state index is -0.902. The molecule has 0 amide bonds. The van der Waals surface area contributed by atoms with Crippen molar-refractivity contribution in [1.29, 1.82) is 0 Å². The monoisotopic (exact) mass is 772 g/mol. The van der Waals surface area contributed by atoms with Gasteiger partial charge in [-0.05, 0) is 116 Å². The van der Waals surface area contributed by atoms with Gasteiger partial charge in [0.25, 0.3) is 0 Å². The third-order valence-electron chi connectivity index (χ3n) is 11.5. The van der Waals surface area contributed by atoms with E-state index in [1.807, 2.05) is 48.8 Å². The number of nitrogens with zero attached hydrogens (tertiary/aromatic N) is 2. The number of aromatic carboxylic acids is 1. The fourth-order valence-electron chi connectivity index (χ4n) is 8.04. The third kappa shape index (κ3) is 8.39. The summed E-state index contributed by atoms with van der Waals surface area (Å²) in [4.78, 5) is 33.4. The fraction of sp³-hybridized carbons (Fsp3) is 0.170. The molecule has 59 heavy (non-hydrogen) atoms. The SMILES string of the molecule is COC(=O)c1cc(C2CC2)cnc1Cc1ccc2cccc(-c3ccccc3)c2c1.O=C(O)c1cc(C2CC2)cnc1Cc1ccc2cccc(-c3ccccc3)c2c1. The number of methoxy groups -OCH3 is 1. The Balaban J connectivity index is 0.000000152. The highest BCUT2D eigenvalue weighted by atomic mass is 16.5. The number of hydrogen-bond acceptors (Lipinski definition) is 5. The first-order chi connectivity index (χ1) is 28.9. The van der Waals surface area contributed by atoms with E-state index in [4.69, 9.17) is 4.74 Å². The maximum Gasteiger partial charge on any atom is 0.339 e. The number of hydrogen-bond donors (Lipinski definition) is 1. The van der Waals surface area contributed by atoms with Gasteiger partial charge < -0.3 is 9.84 Å². The minimum Gasteiger partial charge on any atom is -0.478 e. The second-order valence-corrected chi connectivity index (χ2v) is 15.7. The van der Waals surface area contributed by atoms with Crippen LogP contribution < -0.4 is 0 Å². The van der Waals surface area contributed by atoms with Crippen molar-refractivity contribution < 1.29 is 19.4 Å². The molecule has 0 unspecified atom stereocenters. The molecule has 6 heteroatoms. The number of pyridine rings is 2. The maximum absolute atomic E-state index is 12.4. The van der Waals surface area contributed by atoms with Gasteiger partial charge in [-0.1, -0.05) is 133 Å². The summed E-state index contributed by atoms with van der Waals surface area (Å²) >= 11 is 0. The molecule has 290 valence electrons. The number of carbonyl (C=O) groups excluding carboxylic acids is 1. The predicted molar refractivity (Wildman–Crippen MR) is 235 cm³/mol. The standard InChI is InChI=1S/C27H23NO2.C26H21NO2/c1-30-27(29)25-16-22(19-12-13-19)17-28-26(25)15-18-10-11-21-8-5-9-23(24(21)14-18)20-6-3-2-4-7-20;28-26(29)24-15-21(18-11-12-18)16-27-25(24)14-17-9-10-20-7-4-8-22(23(20)13-17)19-5-2-1-3-6-19/h2-11,14,16-17,19H,12-13,15H2,1H3;1-10,13,15-16,18H,11-12,14H2,(H,28,29). The van der Waals surface area contributed by atoms with Gasteiger partial charge in [-0.2, -0.15) is 0 Å². The molecule has 0 bridgehead atoms. The highest BCUT2D eigenvalue weighted by Crippen LogP contribution is 2.41. The van der Waals surface area contributed by atoms with Crippen LogP contribution >= 0.6 is 0 Å². The first-order valence-electron chi connectivity index (χ1n) is 20.3. The molecule has 2 aliphatic carbocycles. The molecule has 0 atom stereocenters. The van der Waals surface area contributed by atoms with Crippen LogP contribution in [0.15, 0.2) is 158 Å². The van der Waals surface area contributed by atoms with Gasteiger partial charge in [0.2, 0.25) is 0 Å². The molecule has 2 aliphatic rings. The van der Waals surface area contributed by atoms with E-state index >= 15 is 0 Å². The summed E-state index contributed by atoms with van der Waals surface area (Å²) in [6.45, 7) is 0. The summed E-state index contributed by atoms with van der Waals surface area (Å²) in [7, 11) is 1.43. The van der Waals surface area contributed by atoms with E-state index < -0.39 is 5.97 Å². The molecule has 10 rings (SSSR count). The Bertz CT molecular complexity index is 2830. The highest BCUT2D eigenvalue weighted by molar-refractivity contribution is 5.98. The van der Waals surface area contributed by atoms with Gasteiger partial charge in [-0.15, -0.1) is 0 Å². The van der Waals surface area contributed by atoms with Crippen molar-refractivity contribution in [3.63, 3.8) is 0 Å². The predicted octanol–water partition coefficient (Wildman–Crippen LogP) is 12.2. The molecule has 2 aromatic heterocycles. The summed E-state index contributed by atoms with van der Waals surface area (Å²) in [5, 5.41) is 14.4. The van der Waals surface area contributed by atoms with Gasteiger partial charge in [0.15, 0.2) is 0 Å². The van der Waals surface area contributed by atoms with Crippen LogP contribution in [-0.2, 0) is 17.6 Å². The van der Waals surface area contributed by atoms with Crippen LogP contribution in [0.5, 0.6) is 0 Å². The molecular formula is C53H44N2O4. The number of carboxylic acid groups (broad SMARTS) is 1. The Morgan fingerprint density at radius 3 is 1.46 bits per heavy atom. The average Bonchev–Trinajstić information content (AvgIpc) is 4.22. The Morgan fingerprint density at radius 2 is 1.02 bits per heavy atom. The van der Waals surface area contributed by atoms with E-state index in [1.54, 1.807) is 0 Å². The van der Waals surface area contributed by atoms with Gasteiger partial charge in [-0.25, -0.2) is 9.59 Å². The molecule has 0 radical (unpaired) electrons. The lowest BCUT2D eigenvalue weighted by molar-refractivity contribution is 0.0598. The van der Waals surface area contributed by atoms with Gasteiger partial charge in [0.05, 0.1) is 29.6 Å². The molecule has 6 nitrogen and oxygen atoms in total. The van der Waals surface area contributed by atoms with Gasteiger partial charge >= 0.3 is 11.9 Å². The lowest BCUT2D eigenvalue weighted by Gasteiger charge is -2.12. The summed E-state index contributed by atoms with van der Waals surface area (Å²) < 4.78 is 5.04. The summed E-state index contributed by atoms with van der Waals surface area (Å²) in [5.74, 6) is -0.181. The average molecular weight is 773 g/mol. The van der Waals surface area contributed by atoms with E-state index in [0.717, 1.165) is 40.8 Å². The van der Waals surface area contributed by atoms with E-state index in [0.29, 0.717) is 41.5 Å². The number of esters is 1. The summed E-state index contributed by atoms with van der Waals surface area (Å²) in [5.41, 5.74) is 11.4. The van der Waals surface area contributed by atoms with E-state index in [2.05, 4.69) is 119 Å². The zero-order valence-corrected chi connectivity index (χ0v) is 33.0. The summed E-state index contributed by atoms with van der Waals surface area (Å²) in [6, 6.07) is 50.1. The molecule has 8 aromatic rings. The molecule has 1 N–H and O–H groups in total. The topological polar surface area (TPSA) is 89.4 Å². The Kier molecular flexibility index (Phi) is 10.5. The molecular weight excluding hydrogens is 729 g/mol. The van der Waals surface area contributed by atoms with Crippen molar-refractivity contribution >= 4 is 33.5 Å². The van der Waals surface area contributed by atoms with Gasteiger partial charge in [-0.3, -0.25) is 9.97 Å². The number of benzene rings is 6. The molecule has 2 fully saturated rings. The van der Waals surface area contributed by atoms with E-state index in [1.165, 1.54) is 63.8 Å². The Morgan fingerprint density at radius 1 is 0.559 bits per heavy atom. The van der Waals surface area contributed by atoms with E-state index in [-0.39, 0.29) is 5.97 Å². The number of fused-ring (bicyclic) bond motifs is 2. The van der Waals surface area contributed by atoms with Gasteiger partial charge in [0.1, 0.15) is 0 Å². The molecule has 0 aliphatic heterocycles. The van der Waals surface area contributed by atoms with Crippen LogP contribution in [0.25, 0.3) is 43.8 Å². The number of rotatable bonds is 10. The van der Waals surface area contributed by atoms with Crippen LogP contribution in [0.4, 0.5) is 0 Å². The first kappa shape index (κ1) is 37.6. The maximum atomic E-state index is 12.4. The molecule has 2 saturated carbocycles. The lowest BCUT2D eigenvalue weighted by atomic mass is 9.95. The second-order valence-electron chi connectivity index (χ2n) is 15.7. The number of ether oxygens (including phenoxy) is 1. The van der Waals surface area contributed by atoms with Crippen molar-refractivity contribution in [1.82, 2.24) is 9.97 Å². The summed E-state index contributed by atoms with van der Waals surface area (Å²) in [6.07, 6.45) is 9.50. The largest absolute Gasteiger partial charge is 0.478 e. The molecule has 6 aromatic carbocycles.